The standard InChI is InChI=1S/C14H27N3O/c1-11-10-17(8-7-9-18-6)13(15-11)16-12(2)14(3,4)5/h10,12H,7-9H2,1-6H3,(H,15,16). The number of hydrogen-bond acceptors (Lipinski definition) is 3. The summed E-state index contributed by atoms with van der Waals surface area (Å²) in [7, 11) is 1.74. The quantitative estimate of drug-likeness (QED) is 0.792. The lowest BCUT2D eigenvalue weighted by molar-refractivity contribution is 0.190. The first-order valence-corrected chi connectivity index (χ1v) is 6.64. The summed E-state index contributed by atoms with van der Waals surface area (Å²) in [5, 5.41) is 3.51. The molecule has 18 heavy (non-hydrogen) atoms. The van der Waals surface area contributed by atoms with Gasteiger partial charge in [0.2, 0.25) is 5.95 Å². The summed E-state index contributed by atoms with van der Waals surface area (Å²) < 4.78 is 7.27. The van der Waals surface area contributed by atoms with Gasteiger partial charge in [-0.15, -0.1) is 0 Å². The fourth-order valence-corrected chi connectivity index (χ4v) is 1.62. The van der Waals surface area contributed by atoms with Crippen LogP contribution in [0.3, 0.4) is 0 Å². The highest BCUT2D eigenvalue weighted by Crippen LogP contribution is 2.22. The Labute approximate surface area is 111 Å². The Balaban J connectivity index is 2.69. The van der Waals surface area contributed by atoms with E-state index in [1.807, 2.05) is 6.92 Å². The number of hydrogen-bond donors (Lipinski definition) is 1. The first-order chi connectivity index (χ1) is 8.34. The number of anilines is 1. The Morgan fingerprint density at radius 2 is 2.11 bits per heavy atom. The average Bonchev–Trinajstić information content (AvgIpc) is 2.58. The molecule has 4 heteroatoms. The van der Waals surface area contributed by atoms with Gasteiger partial charge in [-0.2, -0.15) is 0 Å². The van der Waals surface area contributed by atoms with Gasteiger partial charge in [-0.3, -0.25) is 0 Å². The third-order valence-corrected chi connectivity index (χ3v) is 3.29. The summed E-state index contributed by atoms with van der Waals surface area (Å²) in [6.45, 7) is 12.6. The first kappa shape index (κ1) is 15.0. The molecule has 0 aliphatic heterocycles. The normalized spacial score (nSPS) is 13.7. The van der Waals surface area contributed by atoms with Crippen LogP contribution >= 0.6 is 0 Å². The van der Waals surface area contributed by atoms with E-state index in [0.29, 0.717) is 6.04 Å². The van der Waals surface area contributed by atoms with Crippen molar-refractivity contribution in [1.29, 1.82) is 0 Å². The second-order valence-corrected chi connectivity index (χ2v) is 5.98. The molecule has 0 aromatic carbocycles. The molecule has 0 spiro atoms. The van der Waals surface area contributed by atoms with Crippen molar-refractivity contribution in [3.8, 4) is 0 Å². The Morgan fingerprint density at radius 1 is 1.44 bits per heavy atom. The van der Waals surface area contributed by atoms with Gasteiger partial charge in [0.1, 0.15) is 0 Å². The van der Waals surface area contributed by atoms with Gasteiger partial charge in [0.15, 0.2) is 0 Å². The van der Waals surface area contributed by atoms with Gasteiger partial charge in [0.25, 0.3) is 0 Å². The van der Waals surface area contributed by atoms with Crippen molar-refractivity contribution in [2.24, 2.45) is 5.41 Å². The fourth-order valence-electron chi connectivity index (χ4n) is 1.62. The predicted octanol–water partition coefficient (Wildman–Crippen LogP) is 3.07. The third-order valence-electron chi connectivity index (χ3n) is 3.29. The highest BCUT2D eigenvalue weighted by molar-refractivity contribution is 5.30. The van der Waals surface area contributed by atoms with Gasteiger partial charge < -0.3 is 14.6 Å². The van der Waals surface area contributed by atoms with Crippen molar-refractivity contribution < 1.29 is 4.74 Å². The van der Waals surface area contributed by atoms with E-state index in [2.05, 4.69) is 48.8 Å². The van der Waals surface area contributed by atoms with Gasteiger partial charge in [0.05, 0.1) is 5.69 Å². The van der Waals surface area contributed by atoms with E-state index < -0.39 is 0 Å². The van der Waals surface area contributed by atoms with E-state index in [4.69, 9.17) is 4.74 Å². The maximum atomic E-state index is 5.09. The topological polar surface area (TPSA) is 39.1 Å². The van der Waals surface area contributed by atoms with E-state index in [1.54, 1.807) is 7.11 Å². The molecule has 1 rings (SSSR count). The zero-order valence-electron chi connectivity index (χ0n) is 12.6. The minimum absolute atomic E-state index is 0.219. The molecule has 0 amide bonds. The van der Waals surface area contributed by atoms with Crippen molar-refractivity contribution in [3.05, 3.63) is 11.9 Å². The molecular formula is C14H27N3O. The van der Waals surface area contributed by atoms with Gasteiger partial charge in [-0.1, -0.05) is 20.8 Å². The number of imidazole rings is 1. The molecule has 0 aliphatic carbocycles. The lowest BCUT2D eigenvalue weighted by Crippen LogP contribution is -2.32. The largest absolute Gasteiger partial charge is 0.385 e. The number of aromatic nitrogens is 2. The lowest BCUT2D eigenvalue weighted by atomic mass is 9.88. The number of nitrogens with one attached hydrogen (secondary N) is 1. The number of rotatable bonds is 6. The first-order valence-electron chi connectivity index (χ1n) is 6.64. The summed E-state index contributed by atoms with van der Waals surface area (Å²) in [5.74, 6) is 0.964. The molecule has 0 fully saturated rings. The summed E-state index contributed by atoms with van der Waals surface area (Å²) >= 11 is 0. The molecule has 1 heterocycles. The maximum Gasteiger partial charge on any atom is 0.203 e. The number of aryl methyl sites for hydroxylation is 2. The van der Waals surface area contributed by atoms with Crippen LogP contribution in [0.5, 0.6) is 0 Å². The Morgan fingerprint density at radius 3 is 2.67 bits per heavy atom. The molecule has 1 unspecified atom stereocenters. The van der Waals surface area contributed by atoms with Crippen LogP contribution in [0.1, 0.15) is 39.8 Å². The van der Waals surface area contributed by atoms with Crippen molar-refractivity contribution >= 4 is 5.95 Å². The summed E-state index contributed by atoms with van der Waals surface area (Å²) in [4.78, 5) is 4.55. The molecule has 104 valence electrons. The fraction of sp³-hybridized carbons (Fsp3) is 0.786. The minimum Gasteiger partial charge on any atom is -0.385 e. The zero-order valence-corrected chi connectivity index (χ0v) is 12.6. The van der Waals surface area contributed by atoms with E-state index in [-0.39, 0.29) is 5.41 Å². The third kappa shape index (κ3) is 4.33. The molecule has 1 aromatic rings. The van der Waals surface area contributed by atoms with Crippen molar-refractivity contribution in [1.82, 2.24) is 9.55 Å². The van der Waals surface area contributed by atoms with E-state index in [0.717, 1.165) is 31.2 Å². The summed E-state index contributed by atoms with van der Waals surface area (Å²) in [6, 6.07) is 0.375. The highest BCUT2D eigenvalue weighted by atomic mass is 16.5. The number of methoxy groups -OCH3 is 1. The molecule has 1 atom stereocenters. The monoisotopic (exact) mass is 253 g/mol. The van der Waals surface area contributed by atoms with Gasteiger partial charge in [0, 0.05) is 32.5 Å². The summed E-state index contributed by atoms with van der Waals surface area (Å²) in [6.07, 6.45) is 3.10. The maximum absolute atomic E-state index is 5.09. The molecule has 0 saturated heterocycles. The van der Waals surface area contributed by atoms with Crippen LogP contribution in [0.15, 0.2) is 6.20 Å². The van der Waals surface area contributed by atoms with Crippen LogP contribution in [-0.2, 0) is 11.3 Å². The molecule has 0 radical (unpaired) electrons. The molecule has 1 aromatic heterocycles. The van der Waals surface area contributed by atoms with Crippen molar-refractivity contribution in [3.63, 3.8) is 0 Å². The number of ether oxygens (including phenoxy) is 1. The lowest BCUT2D eigenvalue weighted by Gasteiger charge is -2.28. The van der Waals surface area contributed by atoms with Crippen LogP contribution in [-0.4, -0.2) is 29.3 Å². The summed E-state index contributed by atoms with van der Waals surface area (Å²) in [5.41, 5.74) is 1.27. The molecule has 0 saturated carbocycles. The van der Waals surface area contributed by atoms with E-state index in [1.165, 1.54) is 0 Å². The van der Waals surface area contributed by atoms with Crippen LogP contribution in [0.4, 0.5) is 5.95 Å². The number of nitrogens with zero attached hydrogens (tertiary/aromatic N) is 2. The zero-order chi connectivity index (χ0) is 13.8. The van der Waals surface area contributed by atoms with Crippen LogP contribution < -0.4 is 5.32 Å². The van der Waals surface area contributed by atoms with E-state index >= 15 is 0 Å². The molecule has 4 nitrogen and oxygen atoms in total. The minimum atomic E-state index is 0.219. The smallest absolute Gasteiger partial charge is 0.203 e. The molecule has 1 N–H and O–H groups in total. The van der Waals surface area contributed by atoms with Gasteiger partial charge in [-0.05, 0) is 25.7 Å². The second kappa shape index (κ2) is 6.23. The van der Waals surface area contributed by atoms with E-state index in [9.17, 15) is 0 Å². The Kier molecular flexibility index (Phi) is 5.20. The van der Waals surface area contributed by atoms with Crippen LogP contribution in [0.2, 0.25) is 0 Å². The molecular weight excluding hydrogens is 226 g/mol. The van der Waals surface area contributed by atoms with Gasteiger partial charge in [-0.25, -0.2) is 4.98 Å². The van der Waals surface area contributed by atoms with Crippen molar-refractivity contribution in [2.75, 3.05) is 19.0 Å². The molecule has 0 bridgehead atoms. The van der Waals surface area contributed by atoms with Crippen LogP contribution in [0, 0.1) is 12.3 Å². The Bertz CT molecular complexity index is 366. The Hall–Kier alpha value is -1.03. The van der Waals surface area contributed by atoms with Crippen LogP contribution in [0.25, 0.3) is 0 Å². The van der Waals surface area contributed by atoms with Crippen molar-refractivity contribution in [2.45, 2.75) is 53.6 Å². The SMILES string of the molecule is COCCCn1cc(C)nc1NC(C)C(C)(C)C. The molecule has 0 aliphatic rings. The highest BCUT2D eigenvalue weighted by Gasteiger charge is 2.21. The van der Waals surface area contributed by atoms with Gasteiger partial charge >= 0.3 is 0 Å². The predicted molar refractivity (Wildman–Crippen MR) is 76.0 cm³/mol. The average molecular weight is 253 g/mol. The second-order valence-electron chi connectivity index (χ2n) is 5.98.